The number of nitrogens with zero attached hydrogens (tertiary/aromatic N) is 1. The first-order valence-electron chi connectivity index (χ1n) is 16.4. The zero-order chi connectivity index (χ0) is 31.6. The lowest BCUT2D eigenvalue weighted by Gasteiger charge is -2.28. The van der Waals surface area contributed by atoms with Gasteiger partial charge in [0.2, 0.25) is 0 Å². The summed E-state index contributed by atoms with van der Waals surface area (Å²) >= 11 is 0. The predicted molar refractivity (Wildman–Crippen MR) is 204 cm³/mol. The summed E-state index contributed by atoms with van der Waals surface area (Å²) in [5.41, 5.74) is 7.40. The van der Waals surface area contributed by atoms with E-state index in [0.29, 0.717) is 0 Å². The van der Waals surface area contributed by atoms with Crippen LogP contribution in [-0.4, -0.2) is 0 Å². The molecule has 0 aliphatic carbocycles. The lowest BCUT2D eigenvalue weighted by atomic mass is 9.96. The van der Waals surface area contributed by atoms with Crippen molar-refractivity contribution < 1.29 is 4.42 Å². The molecule has 1 heterocycles. The van der Waals surface area contributed by atoms with Gasteiger partial charge >= 0.3 is 0 Å². The minimum absolute atomic E-state index is 0.882. The molecule has 2 heteroatoms. The summed E-state index contributed by atoms with van der Waals surface area (Å²) in [5, 5.41) is 12.2. The van der Waals surface area contributed by atoms with Gasteiger partial charge in [-0.2, -0.15) is 0 Å². The van der Waals surface area contributed by atoms with E-state index >= 15 is 0 Å². The van der Waals surface area contributed by atoms with Crippen LogP contribution < -0.4 is 4.90 Å². The van der Waals surface area contributed by atoms with Gasteiger partial charge in [0, 0.05) is 33.6 Å². The average molecular weight is 612 g/mol. The van der Waals surface area contributed by atoms with E-state index in [-0.39, 0.29) is 0 Å². The van der Waals surface area contributed by atoms with Crippen molar-refractivity contribution in [3.63, 3.8) is 0 Å². The SMILES string of the molecule is c1ccc(-c2cccc(N(c3ccc4c(ccc5c6ccccc6ccc45)c3)c3cc4oc5ccccc5c4c4ccccc34)c2)cc1. The van der Waals surface area contributed by atoms with Crippen LogP contribution in [-0.2, 0) is 0 Å². The molecular weight excluding hydrogens is 583 g/mol. The number of para-hydroxylation sites is 1. The quantitative estimate of drug-likeness (QED) is 0.184. The Hall–Kier alpha value is -6.38. The van der Waals surface area contributed by atoms with Gasteiger partial charge in [0.1, 0.15) is 11.2 Å². The maximum atomic E-state index is 6.54. The summed E-state index contributed by atoms with van der Waals surface area (Å²) in [4.78, 5) is 2.39. The molecule has 10 rings (SSSR count). The van der Waals surface area contributed by atoms with Crippen molar-refractivity contribution in [1.82, 2.24) is 0 Å². The first-order valence-corrected chi connectivity index (χ1v) is 16.4. The Morgan fingerprint density at radius 1 is 0.333 bits per heavy atom. The second kappa shape index (κ2) is 10.6. The van der Waals surface area contributed by atoms with Crippen LogP contribution >= 0.6 is 0 Å². The molecule has 0 atom stereocenters. The van der Waals surface area contributed by atoms with Gasteiger partial charge in [-0.15, -0.1) is 0 Å². The highest BCUT2D eigenvalue weighted by Crippen LogP contribution is 2.46. The predicted octanol–water partition coefficient (Wildman–Crippen LogP) is 13.3. The van der Waals surface area contributed by atoms with Crippen LogP contribution in [0.15, 0.2) is 180 Å². The molecule has 0 saturated carbocycles. The van der Waals surface area contributed by atoms with Crippen LogP contribution in [0, 0.1) is 0 Å². The molecule has 0 amide bonds. The Morgan fingerprint density at radius 3 is 1.81 bits per heavy atom. The Morgan fingerprint density at radius 2 is 0.958 bits per heavy atom. The molecule has 0 radical (unpaired) electrons. The lowest BCUT2D eigenvalue weighted by Crippen LogP contribution is -2.10. The highest BCUT2D eigenvalue weighted by Gasteiger charge is 2.21. The van der Waals surface area contributed by atoms with Crippen molar-refractivity contribution in [2.75, 3.05) is 4.90 Å². The number of hydrogen-bond donors (Lipinski definition) is 0. The molecule has 1 aromatic heterocycles. The number of hydrogen-bond acceptors (Lipinski definition) is 2. The van der Waals surface area contributed by atoms with Crippen molar-refractivity contribution in [2.45, 2.75) is 0 Å². The van der Waals surface area contributed by atoms with Crippen LogP contribution in [0.1, 0.15) is 0 Å². The van der Waals surface area contributed by atoms with E-state index in [0.717, 1.165) is 39.0 Å². The van der Waals surface area contributed by atoms with E-state index in [9.17, 15) is 0 Å². The van der Waals surface area contributed by atoms with Crippen LogP contribution in [0.2, 0.25) is 0 Å². The van der Waals surface area contributed by atoms with Crippen molar-refractivity contribution in [3.8, 4) is 11.1 Å². The summed E-state index contributed by atoms with van der Waals surface area (Å²) in [6.45, 7) is 0. The van der Waals surface area contributed by atoms with Crippen LogP contribution in [0.5, 0.6) is 0 Å². The van der Waals surface area contributed by atoms with Crippen molar-refractivity contribution >= 4 is 82.1 Å². The molecule has 0 N–H and O–H groups in total. The lowest BCUT2D eigenvalue weighted by molar-refractivity contribution is 0.669. The van der Waals surface area contributed by atoms with Gasteiger partial charge in [0.25, 0.3) is 0 Å². The highest BCUT2D eigenvalue weighted by atomic mass is 16.3. The molecule has 0 bridgehead atoms. The topological polar surface area (TPSA) is 16.4 Å². The summed E-state index contributed by atoms with van der Waals surface area (Å²) in [6.07, 6.45) is 0. The number of rotatable bonds is 4. The third-order valence-electron chi connectivity index (χ3n) is 9.80. The summed E-state index contributed by atoms with van der Waals surface area (Å²) < 4.78 is 6.54. The molecule has 9 aromatic carbocycles. The molecule has 0 spiro atoms. The second-order valence-corrected chi connectivity index (χ2v) is 12.5. The number of anilines is 3. The molecule has 10 aromatic rings. The fraction of sp³-hybridized carbons (Fsp3) is 0. The summed E-state index contributed by atoms with van der Waals surface area (Å²) in [5.74, 6) is 0. The molecule has 0 fully saturated rings. The smallest absolute Gasteiger partial charge is 0.138 e. The van der Waals surface area contributed by atoms with Gasteiger partial charge in [-0.3, -0.25) is 0 Å². The molecule has 0 saturated heterocycles. The third-order valence-corrected chi connectivity index (χ3v) is 9.80. The third kappa shape index (κ3) is 4.13. The molecule has 0 aliphatic heterocycles. The Kier molecular flexibility index (Phi) is 5.91. The first-order chi connectivity index (χ1) is 23.8. The molecule has 0 unspecified atom stereocenters. The summed E-state index contributed by atoms with van der Waals surface area (Å²) in [6, 6.07) is 63.3. The normalized spacial score (nSPS) is 11.8. The Labute approximate surface area is 277 Å². The van der Waals surface area contributed by atoms with Gasteiger partial charge in [-0.05, 0) is 79.2 Å². The van der Waals surface area contributed by atoms with E-state index in [1.54, 1.807) is 0 Å². The van der Waals surface area contributed by atoms with Gasteiger partial charge in [0.15, 0.2) is 0 Å². The summed E-state index contributed by atoms with van der Waals surface area (Å²) in [7, 11) is 0. The monoisotopic (exact) mass is 611 g/mol. The highest BCUT2D eigenvalue weighted by molar-refractivity contribution is 6.23. The molecule has 224 valence electrons. The Balaban J connectivity index is 1.25. The van der Waals surface area contributed by atoms with Crippen LogP contribution in [0.3, 0.4) is 0 Å². The minimum Gasteiger partial charge on any atom is -0.456 e. The second-order valence-electron chi connectivity index (χ2n) is 12.5. The minimum atomic E-state index is 0.882. The molecular formula is C46H29NO. The first kappa shape index (κ1) is 26.8. The van der Waals surface area contributed by atoms with Crippen LogP contribution in [0.4, 0.5) is 17.1 Å². The maximum absolute atomic E-state index is 6.54. The fourth-order valence-electron chi connectivity index (χ4n) is 7.59. The maximum Gasteiger partial charge on any atom is 0.138 e. The van der Waals surface area contributed by atoms with E-state index in [2.05, 4.69) is 175 Å². The molecule has 0 aliphatic rings. The zero-order valence-electron chi connectivity index (χ0n) is 26.1. The van der Waals surface area contributed by atoms with Gasteiger partial charge < -0.3 is 9.32 Å². The van der Waals surface area contributed by atoms with Crippen molar-refractivity contribution in [1.29, 1.82) is 0 Å². The van der Waals surface area contributed by atoms with E-state index in [1.165, 1.54) is 54.2 Å². The largest absolute Gasteiger partial charge is 0.456 e. The van der Waals surface area contributed by atoms with E-state index in [1.807, 2.05) is 6.07 Å². The Bertz CT molecular complexity index is 2850. The molecule has 48 heavy (non-hydrogen) atoms. The van der Waals surface area contributed by atoms with Crippen molar-refractivity contribution in [3.05, 3.63) is 176 Å². The molecule has 2 nitrogen and oxygen atoms in total. The standard InChI is InChI=1S/C46H29NO/c1-2-11-30(12-3-1)32-14-10-15-34(27-32)47(43-29-45-46(41-18-7-6-17-40(41)43)42-19-8-9-20-44(42)48-45)35-23-26-37-33(28-35)22-25-38-36-16-5-4-13-31(36)21-24-39(37)38/h1-29H. The van der Waals surface area contributed by atoms with Crippen LogP contribution in [0.25, 0.3) is 76.2 Å². The zero-order valence-corrected chi connectivity index (χ0v) is 26.1. The number of fused-ring (bicyclic) bond motifs is 10. The average Bonchev–Trinajstić information content (AvgIpc) is 3.54. The van der Waals surface area contributed by atoms with E-state index in [4.69, 9.17) is 4.42 Å². The van der Waals surface area contributed by atoms with Gasteiger partial charge in [0.05, 0.1) is 5.69 Å². The number of furan rings is 1. The fourth-order valence-corrected chi connectivity index (χ4v) is 7.59. The van der Waals surface area contributed by atoms with E-state index < -0.39 is 0 Å². The number of benzene rings is 9. The van der Waals surface area contributed by atoms with Crippen molar-refractivity contribution in [2.24, 2.45) is 0 Å². The van der Waals surface area contributed by atoms with Gasteiger partial charge in [-0.25, -0.2) is 0 Å². The van der Waals surface area contributed by atoms with Gasteiger partial charge in [-0.1, -0.05) is 140 Å².